The van der Waals surface area contributed by atoms with Crippen LogP contribution in [-0.4, -0.2) is 18.3 Å². The standard InChI is InChI=1S/C16H19NO2/c1-12-5-4-6-14(9-12)19-11-13(10-17)15-7-2-3-8-16(15)18/h2-9,13,18H,10-11,17H2,1H3. The van der Waals surface area contributed by atoms with E-state index in [4.69, 9.17) is 10.5 Å². The average molecular weight is 257 g/mol. The summed E-state index contributed by atoms with van der Waals surface area (Å²) in [7, 11) is 0. The second kappa shape index (κ2) is 6.25. The van der Waals surface area contributed by atoms with Crippen LogP contribution in [0.3, 0.4) is 0 Å². The van der Waals surface area contributed by atoms with Gasteiger partial charge in [-0.05, 0) is 30.7 Å². The number of hydrogen-bond donors (Lipinski definition) is 2. The number of para-hydroxylation sites is 1. The Labute approximate surface area is 113 Å². The number of hydrogen-bond acceptors (Lipinski definition) is 3. The Bertz CT molecular complexity index is 540. The Balaban J connectivity index is 2.06. The molecule has 2 aromatic carbocycles. The van der Waals surface area contributed by atoms with Crippen molar-refractivity contribution in [3.05, 3.63) is 59.7 Å². The normalized spacial score (nSPS) is 12.1. The van der Waals surface area contributed by atoms with E-state index in [1.807, 2.05) is 43.3 Å². The highest BCUT2D eigenvalue weighted by molar-refractivity contribution is 5.35. The molecule has 2 rings (SSSR count). The minimum Gasteiger partial charge on any atom is -0.508 e. The van der Waals surface area contributed by atoms with Crippen molar-refractivity contribution in [2.24, 2.45) is 5.73 Å². The van der Waals surface area contributed by atoms with Crippen LogP contribution in [0.1, 0.15) is 17.0 Å². The van der Waals surface area contributed by atoms with Crippen LogP contribution in [0.25, 0.3) is 0 Å². The van der Waals surface area contributed by atoms with Crippen LogP contribution >= 0.6 is 0 Å². The molecule has 0 aliphatic rings. The highest BCUT2D eigenvalue weighted by atomic mass is 16.5. The third-order valence-electron chi connectivity index (χ3n) is 3.10. The molecule has 0 bridgehead atoms. The minimum absolute atomic E-state index is 0.0123. The number of rotatable bonds is 5. The van der Waals surface area contributed by atoms with Gasteiger partial charge in [0.25, 0.3) is 0 Å². The second-order valence-corrected chi connectivity index (χ2v) is 4.62. The fraction of sp³-hybridized carbons (Fsp3) is 0.250. The van der Waals surface area contributed by atoms with E-state index in [0.717, 1.165) is 16.9 Å². The third-order valence-corrected chi connectivity index (χ3v) is 3.10. The summed E-state index contributed by atoms with van der Waals surface area (Å²) >= 11 is 0. The molecular formula is C16H19NO2. The van der Waals surface area contributed by atoms with Gasteiger partial charge < -0.3 is 15.6 Å². The van der Waals surface area contributed by atoms with Gasteiger partial charge in [0.1, 0.15) is 11.5 Å². The van der Waals surface area contributed by atoms with Gasteiger partial charge in [-0.15, -0.1) is 0 Å². The van der Waals surface area contributed by atoms with Crippen molar-refractivity contribution in [2.75, 3.05) is 13.2 Å². The molecule has 3 nitrogen and oxygen atoms in total. The lowest BCUT2D eigenvalue weighted by molar-refractivity contribution is 0.287. The smallest absolute Gasteiger partial charge is 0.119 e. The highest BCUT2D eigenvalue weighted by Crippen LogP contribution is 2.25. The summed E-state index contributed by atoms with van der Waals surface area (Å²) < 4.78 is 5.76. The molecule has 0 saturated carbocycles. The summed E-state index contributed by atoms with van der Waals surface area (Å²) in [6.45, 7) is 2.91. The largest absolute Gasteiger partial charge is 0.508 e. The predicted octanol–water partition coefficient (Wildman–Crippen LogP) is 2.82. The quantitative estimate of drug-likeness (QED) is 0.866. The molecule has 3 N–H and O–H groups in total. The van der Waals surface area contributed by atoms with Gasteiger partial charge in [-0.1, -0.05) is 30.3 Å². The molecule has 0 amide bonds. The predicted molar refractivity (Wildman–Crippen MR) is 76.6 cm³/mol. The molecule has 3 heteroatoms. The Kier molecular flexibility index (Phi) is 4.42. The van der Waals surface area contributed by atoms with Crippen LogP contribution < -0.4 is 10.5 Å². The van der Waals surface area contributed by atoms with E-state index in [1.54, 1.807) is 12.1 Å². The fourth-order valence-electron chi connectivity index (χ4n) is 2.02. The van der Waals surface area contributed by atoms with Crippen LogP contribution in [0.2, 0.25) is 0 Å². The van der Waals surface area contributed by atoms with Crippen LogP contribution in [0.15, 0.2) is 48.5 Å². The molecule has 0 spiro atoms. The number of benzene rings is 2. The highest BCUT2D eigenvalue weighted by Gasteiger charge is 2.14. The lowest BCUT2D eigenvalue weighted by Gasteiger charge is -2.17. The second-order valence-electron chi connectivity index (χ2n) is 4.62. The van der Waals surface area contributed by atoms with Crippen molar-refractivity contribution >= 4 is 0 Å². The number of nitrogens with two attached hydrogens (primary N) is 1. The van der Waals surface area contributed by atoms with E-state index in [2.05, 4.69) is 0 Å². The first-order chi connectivity index (χ1) is 9.20. The van der Waals surface area contributed by atoms with Crippen LogP contribution in [0.4, 0.5) is 0 Å². The van der Waals surface area contributed by atoms with Crippen molar-refractivity contribution in [3.63, 3.8) is 0 Å². The molecule has 100 valence electrons. The maximum Gasteiger partial charge on any atom is 0.119 e. The average Bonchev–Trinajstić information content (AvgIpc) is 2.41. The van der Waals surface area contributed by atoms with E-state index in [9.17, 15) is 5.11 Å². The zero-order valence-corrected chi connectivity index (χ0v) is 11.0. The number of ether oxygens (including phenoxy) is 1. The molecule has 0 heterocycles. The molecule has 2 aromatic rings. The maximum absolute atomic E-state index is 9.84. The van der Waals surface area contributed by atoms with Gasteiger partial charge in [-0.25, -0.2) is 0 Å². The van der Waals surface area contributed by atoms with Crippen LogP contribution in [0, 0.1) is 6.92 Å². The molecule has 0 aliphatic heterocycles. The van der Waals surface area contributed by atoms with Crippen molar-refractivity contribution in [2.45, 2.75) is 12.8 Å². The molecular weight excluding hydrogens is 238 g/mol. The molecule has 0 radical (unpaired) electrons. The monoisotopic (exact) mass is 257 g/mol. The van der Waals surface area contributed by atoms with Crippen molar-refractivity contribution in [3.8, 4) is 11.5 Å². The van der Waals surface area contributed by atoms with E-state index < -0.39 is 0 Å². The Morgan fingerprint density at radius 3 is 2.63 bits per heavy atom. The van der Waals surface area contributed by atoms with Gasteiger partial charge in [0.05, 0.1) is 6.61 Å². The molecule has 1 atom stereocenters. The molecule has 1 unspecified atom stereocenters. The van der Waals surface area contributed by atoms with Crippen LogP contribution in [-0.2, 0) is 0 Å². The summed E-state index contributed by atoms with van der Waals surface area (Å²) in [5.74, 6) is 1.08. The first-order valence-electron chi connectivity index (χ1n) is 6.38. The van der Waals surface area contributed by atoms with Crippen molar-refractivity contribution in [1.29, 1.82) is 0 Å². The van der Waals surface area contributed by atoms with E-state index in [0.29, 0.717) is 13.2 Å². The Hall–Kier alpha value is -2.00. The number of aromatic hydroxyl groups is 1. The van der Waals surface area contributed by atoms with E-state index >= 15 is 0 Å². The molecule has 0 saturated heterocycles. The summed E-state index contributed by atoms with van der Waals surface area (Å²) in [5.41, 5.74) is 7.76. The number of aryl methyl sites for hydroxylation is 1. The number of phenols is 1. The maximum atomic E-state index is 9.84. The summed E-state index contributed by atoms with van der Waals surface area (Å²) in [6.07, 6.45) is 0. The third kappa shape index (κ3) is 3.48. The lowest BCUT2D eigenvalue weighted by atomic mass is 9.99. The lowest BCUT2D eigenvalue weighted by Crippen LogP contribution is -2.19. The van der Waals surface area contributed by atoms with E-state index in [-0.39, 0.29) is 11.7 Å². The topological polar surface area (TPSA) is 55.5 Å². The van der Waals surface area contributed by atoms with Crippen molar-refractivity contribution < 1.29 is 9.84 Å². The van der Waals surface area contributed by atoms with Gasteiger partial charge in [0.15, 0.2) is 0 Å². The molecule has 19 heavy (non-hydrogen) atoms. The minimum atomic E-state index is -0.0123. The zero-order valence-electron chi connectivity index (χ0n) is 11.0. The van der Waals surface area contributed by atoms with Crippen LogP contribution in [0.5, 0.6) is 11.5 Å². The summed E-state index contributed by atoms with van der Waals surface area (Å²) in [5, 5.41) is 9.84. The first kappa shape index (κ1) is 13.4. The van der Waals surface area contributed by atoms with Gasteiger partial charge in [-0.2, -0.15) is 0 Å². The number of phenolic OH excluding ortho intramolecular Hbond substituents is 1. The summed E-state index contributed by atoms with van der Waals surface area (Å²) in [6, 6.07) is 15.1. The molecule has 0 aliphatic carbocycles. The zero-order chi connectivity index (χ0) is 13.7. The van der Waals surface area contributed by atoms with Gasteiger partial charge in [0, 0.05) is 18.0 Å². The Morgan fingerprint density at radius 1 is 1.16 bits per heavy atom. The molecule has 0 aromatic heterocycles. The van der Waals surface area contributed by atoms with E-state index in [1.165, 1.54) is 0 Å². The van der Waals surface area contributed by atoms with Gasteiger partial charge in [0.2, 0.25) is 0 Å². The van der Waals surface area contributed by atoms with Gasteiger partial charge in [-0.3, -0.25) is 0 Å². The van der Waals surface area contributed by atoms with Gasteiger partial charge >= 0.3 is 0 Å². The van der Waals surface area contributed by atoms with Crippen molar-refractivity contribution in [1.82, 2.24) is 0 Å². The molecule has 0 fully saturated rings. The SMILES string of the molecule is Cc1cccc(OCC(CN)c2ccccc2O)c1. The Morgan fingerprint density at radius 2 is 1.95 bits per heavy atom. The summed E-state index contributed by atoms with van der Waals surface area (Å²) in [4.78, 5) is 0. The fourth-order valence-corrected chi connectivity index (χ4v) is 2.02. The first-order valence-corrected chi connectivity index (χ1v) is 6.38.